The third-order valence-electron chi connectivity index (χ3n) is 2.28. The first-order chi connectivity index (χ1) is 8.08. The Morgan fingerprint density at radius 1 is 1.12 bits per heavy atom. The molecular weight excluding hydrogens is 414 g/mol. The second kappa shape index (κ2) is 5.50. The van der Waals surface area contributed by atoms with Crippen LogP contribution >= 0.6 is 50.1 Å². The number of ketones is 1. The molecule has 0 aliphatic rings. The van der Waals surface area contributed by atoms with Crippen LogP contribution in [0.15, 0.2) is 46.9 Å². The minimum Gasteiger partial charge on any atom is -0.289 e. The van der Waals surface area contributed by atoms with E-state index in [0.717, 1.165) is 8.04 Å². The largest absolute Gasteiger partial charge is 0.289 e. The summed E-state index contributed by atoms with van der Waals surface area (Å²) >= 11 is 11.5. The van der Waals surface area contributed by atoms with Gasteiger partial charge in [-0.3, -0.25) is 4.79 Å². The van der Waals surface area contributed by atoms with E-state index in [1.165, 1.54) is 0 Å². The summed E-state index contributed by atoms with van der Waals surface area (Å²) in [4.78, 5) is 12.2. The van der Waals surface area contributed by atoms with Gasteiger partial charge < -0.3 is 0 Å². The molecule has 0 aromatic heterocycles. The van der Waals surface area contributed by atoms with E-state index >= 15 is 0 Å². The van der Waals surface area contributed by atoms with Crippen LogP contribution in [-0.4, -0.2) is 5.78 Å². The van der Waals surface area contributed by atoms with E-state index in [9.17, 15) is 4.79 Å². The van der Waals surface area contributed by atoms with Crippen molar-refractivity contribution in [2.24, 2.45) is 0 Å². The predicted octanol–water partition coefficient (Wildman–Crippen LogP) is 4.94. The highest BCUT2D eigenvalue weighted by atomic mass is 127. The topological polar surface area (TPSA) is 17.1 Å². The average molecular weight is 421 g/mol. The van der Waals surface area contributed by atoms with Crippen molar-refractivity contribution in [1.29, 1.82) is 0 Å². The van der Waals surface area contributed by atoms with Crippen LogP contribution in [0.5, 0.6) is 0 Å². The predicted molar refractivity (Wildman–Crippen MR) is 81.7 cm³/mol. The van der Waals surface area contributed by atoms with Gasteiger partial charge in [0, 0.05) is 24.2 Å². The molecular formula is C13H7BrClIO. The Kier molecular flexibility index (Phi) is 4.22. The van der Waals surface area contributed by atoms with Crippen LogP contribution in [0.4, 0.5) is 0 Å². The Morgan fingerprint density at radius 3 is 2.41 bits per heavy atom. The van der Waals surface area contributed by atoms with Gasteiger partial charge >= 0.3 is 0 Å². The van der Waals surface area contributed by atoms with Crippen molar-refractivity contribution < 1.29 is 4.79 Å². The fourth-order valence-corrected chi connectivity index (χ4v) is 2.39. The highest BCUT2D eigenvalue weighted by Gasteiger charge is 2.12. The number of halogens is 3. The Morgan fingerprint density at radius 2 is 1.76 bits per heavy atom. The van der Waals surface area contributed by atoms with Crippen molar-refractivity contribution in [2.75, 3.05) is 0 Å². The number of hydrogen-bond acceptors (Lipinski definition) is 1. The van der Waals surface area contributed by atoms with Gasteiger partial charge in [-0.15, -0.1) is 0 Å². The fraction of sp³-hybridized carbons (Fsp3) is 0. The quantitative estimate of drug-likeness (QED) is 0.496. The molecule has 0 fully saturated rings. The third-order valence-corrected chi connectivity index (χ3v) is 3.93. The van der Waals surface area contributed by atoms with Crippen LogP contribution in [-0.2, 0) is 0 Å². The zero-order valence-corrected chi connectivity index (χ0v) is 13.1. The van der Waals surface area contributed by atoms with E-state index < -0.39 is 0 Å². The Labute approximate surface area is 126 Å². The summed E-state index contributed by atoms with van der Waals surface area (Å²) in [6.07, 6.45) is 0. The van der Waals surface area contributed by atoms with Gasteiger partial charge in [0.05, 0.1) is 0 Å². The standard InChI is InChI=1S/C13H7BrClIO/c14-12-6-3-9(15)7-11(12)13(17)8-1-4-10(16)5-2-8/h1-7H. The molecule has 0 aliphatic carbocycles. The first-order valence-corrected chi connectivity index (χ1v) is 7.08. The van der Waals surface area contributed by atoms with Crippen LogP contribution in [0.25, 0.3) is 0 Å². The molecule has 0 N–H and O–H groups in total. The van der Waals surface area contributed by atoms with Crippen LogP contribution in [0.3, 0.4) is 0 Å². The molecule has 0 bridgehead atoms. The molecule has 1 nitrogen and oxygen atoms in total. The molecule has 0 saturated carbocycles. The number of carbonyl (C=O) groups is 1. The van der Waals surface area contributed by atoms with Gasteiger partial charge in [0.1, 0.15) is 0 Å². The molecule has 2 aromatic rings. The normalized spacial score (nSPS) is 10.3. The minimum absolute atomic E-state index is 0.0317. The smallest absolute Gasteiger partial charge is 0.194 e. The van der Waals surface area contributed by atoms with Crippen LogP contribution < -0.4 is 0 Å². The number of hydrogen-bond donors (Lipinski definition) is 0. The molecule has 0 amide bonds. The summed E-state index contributed by atoms with van der Waals surface area (Å²) < 4.78 is 1.86. The number of benzene rings is 2. The second-order valence-electron chi connectivity index (χ2n) is 3.46. The summed E-state index contributed by atoms with van der Waals surface area (Å²) in [5.41, 5.74) is 1.24. The SMILES string of the molecule is O=C(c1ccc(I)cc1)c1cc(Cl)ccc1Br. The fourth-order valence-electron chi connectivity index (χ4n) is 1.43. The first kappa shape index (κ1) is 13.1. The van der Waals surface area contributed by atoms with Crippen LogP contribution in [0.1, 0.15) is 15.9 Å². The van der Waals surface area contributed by atoms with Crippen molar-refractivity contribution in [3.63, 3.8) is 0 Å². The summed E-state index contributed by atoms with van der Waals surface area (Å²) in [5, 5.41) is 0.557. The van der Waals surface area contributed by atoms with Crippen molar-refractivity contribution in [2.45, 2.75) is 0 Å². The van der Waals surface area contributed by atoms with E-state index in [2.05, 4.69) is 38.5 Å². The van der Waals surface area contributed by atoms with Crippen molar-refractivity contribution in [1.82, 2.24) is 0 Å². The summed E-state index contributed by atoms with van der Waals surface area (Å²) in [6.45, 7) is 0. The van der Waals surface area contributed by atoms with E-state index in [1.807, 2.05) is 24.3 Å². The van der Waals surface area contributed by atoms with Gasteiger partial charge in [-0.25, -0.2) is 0 Å². The lowest BCUT2D eigenvalue weighted by Gasteiger charge is -2.04. The lowest BCUT2D eigenvalue weighted by molar-refractivity contribution is 0.103. The van der Waals surface area contributed by atoms with E-state index in [0.29, 0.717) is 16.1 Å². The third kappa shape index (κ3) is 3.09. The Bertz CT molecular complexity index is 566. The molecule has 4 heteroatoms. The average Bonchev–Trinajstić information content (AvgIpc) is 2.32. The molecule has 86 valence electrons. The van der Waals surface area contributed by atoms with Gasteiger partial charge in [0.2, 0.25) is 0 Å². The molecule has 0 unspecified atom stereocenters. The first-order valence-electron chi connectivity index (χ1n) is 4.83. The molecule has 0 saturated heterocycles. The van der Waals surface area contributed by atoms with E-state index in [1.54, 1.807) is 18.2 Å². The van der Waals surface area contributed by atoms with Crippen molar-refractivity contribution >= 4 is 55.9 Å². The maximum Gasteiger partial charge on any atom is 0.194 e. The molecule has 2 rings (SSSR count). The second-order valence-corrected chi connectivity index (χ2v) is 6.00. The maximum absolute atomic E-state index is 12.2. The lowest BCUT2D eigenvalue weighted by Crippen LogP contribution is -2.02. The van der Waals surface area contributed by atoms with E-state index in [-0.39, 0.29) is 5.78 Å². The van der Waals surface area contributed by atoms with Crippen LogP contribution in [0.2, 0.25) is 5.02 Å². The summed E-state index contributed by atoms with van der Waals surface area (Å²) in [5.74, 6) is -0.0317. The number of carbonyl (C=O) groups excluding carboxylic acids is 1. The van der Waals surface area contributed by atoms with Gasteiger partial charge in [0.25, 0.3) is 0 Å². The maximum atomic E-state index is 12.2. The van der Waals surface area contributed by atoms with Gasteiger partial charge in [-0.05, 0) is 65.1 Å². The monoisotopic (exact) mass is 420 g/mol. The zero-order valence-electron chi connectivity index (χ0n) is 8.58. The molecule has 0 atom stereocenters. The lowest BCUT2D eigenvalue weighted by atomic mass is 10.0. The van der Waals surface area contributed by atoms with Crippen molar-refractivity contribution in [3.8, 4) is 0 Å². The summed E-state index contributed by atoms with van der Waals surface area (Å²) in [6, 6.07) is 12.7. The minimum atomic E-state index is -0.0317. The number of rotatable bonds is 2. The Balaban J connectivity index is 2.43. The van der Waals surface area contributed by atoms with Crippen molar-refractivity contribution in [3.05, 3.63) is 66.7 Å². The summed E-state index contributed by atoms with van der Waals surface area (Å²) in [7, 11) is 0. The van der Waals surface area contributed by atoms with Gasteiger partial charge in [-0.2, -0.15) is 0 Å². The highest BCUT2D eigenvalue weighted by molar-refractivity contribution is 14.1. The van der Waals surface area contributed by atoms with Gasteiger partial charge in [-0.1, -0.05) is 27.5 Å². The molecule has 2 aromatic carbocycles. The Hall–Kier alpha value is -0.390. The molecule has 0 heterocycles. The van der Waals surface area contributed by atoms with Crippen LogP contribution in [0, 0.1) is 3.57 Å². The molecule has 0 aliphatic heterocycles. The molecule has 17 heavy (non-hydrogen) atoms. The van der Waals surface area contributed by atoms with E-state index in [4.69, 9.17) is 11.6 Å². The molecule has 0 spiro atoms. The highest BCUT2D eigenvalue weighted by Crippen LogP contribution is 2.24. The molecule has 0 radical (unpaired) electrons. The zero-order chi connectivity index (χ0) is 12.4. The van der Waals surface area contributed by atoms with Gasteiger partial charge in [0.15, 0.2) is 5.78 Å².